The second-order valence-electron chi connectivity index (χ2n) is 3.85. The first kappa shape index (κ1) is 9.40. The van der Waals surface area contributed by atoms with Gasteiger partial charge in [0.05, 0.1) is 5.69 Å². The predicted octanol–water partition coefficient (Wildman–Crippen LogP) is 1.49. The summed E-state index contributed by atoms with van der Waals surface area (Å²) in [7, 11) is 0. The smallest absolute Gasteiger partial charge is 0.161 e. The fourth-order valence-electron chi connectivity index (χ4n) is 2.12. The van der Waals surface area contributed by atoms with E-state index in [1.54, 1.807) is 12.4 Å². The lowest BCUT2D eigenvalue weighted by Gasteiger charge is -2.10. The highest BCUT2D eigenvalue weighted by atomic mass is 15.3. The molecule has 4 nitrogen and oxygen atoms in total. The summed E-state index contributed by atoms with van der Waals surface area (Å²) >= 11 is 0. The van der Waals surface area contributed by atoms with E-state index in [4.69, 9.17) is 5.84 Å². The van der Waals surface area contributed by atoms with Gasteiger partial charge in [0.25, 0.3) is 0 Å². The molecule has 1 fully saturated rings. The third kappa shape index (κ3) is 2.01. The van der Waals surface area contributed by atoms with Gasteiger partial charge in [-0.3, -0.25) is 4.98 Å². The van der Waals surface area contributed by atoms with Crippen molar-refractivity contribution in [2.24, 2.45) is 11.8 Å². The van der Waals surface area contributed by atoms with Crippen LogP contribution < -0.4 is 11.3 Å². The molecule has 0 atom stereocenters. The zero-order chi connectivity index (χ0) is 9.80. The minimum atomic E-state index is 0.722. The molecule has 0 bridgehead atoms. The van der Waals surface area contributed by atoms with Crippen LogP contribution in [0.5, 0.6) is 0 Å². The SMILES string of the molecule is NNc1nccnc1CC1CCCC1. The summed E-state index contributed by atoms with van der Waals surface area (Å²) in [5.74, 6) is 6.87. The van der Waals surface area contributed by atoms with E-state index in [1.807, 2.05) is 0 Å². The maximum Gasteiger partial charge on any atom is 0.161 e. The molecule has 0 aliphatic heterocycles. The molecule has 1 aliphatic rings. The van der Waals surface area contributed by atoms with E-state index in [0.29, 0.717) is 0 Å². The van der Waals surface area contributed by atoms with Gasteiger partial charge in [-0.1, -0.05) is 25.7 Å². The summed E-state index contributed by atoms with van der Waals surface area (Å²) in [5.41, 5.74) is 3.60. The summed E-state index contributed by atoms with van der Waals surface area (Å²) in [5, 5.41) is 0. The fourth-order valence-corrected chi connectivity index (χ4v) is 2.12. The van der Waals surface area contributed by atoms with Crippen molar-refractivity contribution in [1.82, 2.24) is 9.97 Å². The summed E-state index contributed by atoms with van der Waals surface area (Å²) in [6.07, 6.45) is 9.75. The van der Waals surface area contributed by atoms with Crippen LogP contribution >= 0.6 is 0 Å². The summed E-state index contributed by atoms with van der Waals surface area (Å²) < 4.78 is 0. The van der Waals surface area contributed by atoms with Gasteiger partial charge < -0.3 is 5.43 Å². The molecule has 4 heteroatoms. The van der Waals surface area contributed by atoms with Crippen LogP contribution in [-0.2, 0) is 6.42 Å². The molecule has 76 valence electrons. The minimum absolute atomic E-state index is 0.722. The Bertz CT molecular complexity index is 294. The third-order valence-electron chi connectivity index (χ3n) is 2.87. The number of hydrogen-bond acceptors (Lipinski definition) is 4. The normalized spacial score (nSPS) is 17.2. The Balaban J connectivity index is 2.07. The average Bonchev–Trinajstić information content (AvgIpc) is 2.71. The molecule has 0 spiro atoms. The Morgan fingerprint density at radius 1 is 1.29 bits per heavy atom. The van der Waals surface area contributed by atoms with Crippen molar-refractivity contribution in [3.8, 4) is 0 Å². The van der Waals surface area contributed by atoms with Crippen LogP contribution in [0.2, 0.25) is 0 Å². The lowest BCUT2D eigenvalue weighted by atomic mass is 10.0. The molecule has 1 heterocycles. The van der Waals surface area contributed by atoms with Gasteiger partial charge in [-0.05, 0) is 12.3 Å². The number of rotatable bonds is 3. The van der Waals surface area contributed by atoms with Crippen molar-refractivity contribution in [1.29, 1.82) is 0 Å². The van der Waals surface area contributed by atoms with E-state index in [-0.39, 0.29) is 0 Å². The molecular weight excluding hydrogens is 176 g/mol. The lowest BCUT2D eigenvalue weighted by molar-refractivity contribution is 0.539. The number of anilines is 1. The topological polar surface area (TPSA) is 63.8 Å². The Morgan fingerprint density at radius 3 is 2.71 bits per heavy atom. The fraction of sp³-hybridized carbons (Fsp3) is 0.600. The quantitative estimate of drug-likeness (QED) is 0.562. The van der Waals surface area contributed by atoms with Crippen LogP contribution in [0.4, 0.5) is 5.82 Å². The number of nitrogens with zero attached hydrogens (tertiary/aromatic N) is 2. The monoisotopic (exact) mass is 192 g/mol. The first-order valence-corrected chi connectivity index (χ1v) is 5.16. The maximum atomic E-state index is 5.37. The Kier molecular flexibility index (Phi) is 2.93. The van der Waals surface area contributed by atoms with E-state index in [2.05, 4.69) is 15.4 Å². The second-order valence-corrected chi connectivity index (χ2v) is 3.85. The zero-order valence-electron chi connectivity index (χ0n) is 8.24. The third-order valence-corrected chi connectivity index (χ3v) is 2.87. The van der Waals surface area contributed by atoms with Gasteiger partial charge >= 0.3 is 0 Å². The van der Waals surface area contributed by atoms with E-state index < -0.39 is 0 Å². The molecular formula is C10H16N4. The molecule has 3 N–H and O–H groups in total. The number of nitrogen functional groups attached to an aromatic ring is 1. The molecule has 14 heavy (non-hydrogen) atoms. The maximum absolute atomic E-state index is 5.37. The molecule has 0 amide bonds. The minimum Gasteiger partial charge on any atom is -0.307 e. The summed E-state index contributed by atoms with van der Waals surface area (Å²) in [6, 6.07) is 0. The average molecular weight is 192 g/mol. The summed E-state index contributed by atoms with van der Waals surface area (Å²) in [4.78, 5) is 8.45. The van der Waals surface area contributed by atoms with Gasteiger partial charge in [0.15, 0.2) is 5.82 Å². The Hall–Kier alpha value is -1.16. The van der Waals surface area contributed by atoms with E-state index in [1.165, 1.54) is 25.7 Å². The van der Waals surface area contributed by atoms with E-state index in [9.17, 15) is 0 Å². The highest BCUT2D eigenvalue weighted by molar-refractivity contribution is 5.37. The van der Waals surface area contributed by atoms with Crippen LogP contribution in [0, 0.1) is 5.92 Å². The van der Waals surface area contributed by atoms with Crippen LogP contribution in [0.1, 0.15) is 31.4 Å². The molecule has 0 unspecified atom stereocenters. The summed E-state index contributed by atoms with van der Waals surface area (Å²) in [6.45, 7) is 0. The molecule has 1 aromatic heterocycles. The predicted molar refractivity (Wildman–Crippen MR) is 55.5 cm³/mol. The van der Waals surface area contributed by atoms with Crippen LogP contribution in [0.3, 0.4) is 0 Å². The van der Waals surface area contributed by atoms with Crippen molar-refractivity contribution in [2.75, 3.05) is 5.43 Å². The first-order valence-electron chi connectivity index (χ1n) is 5.16. The number of hydrazine groups is 1. The second kappa shape index (κ2) is 4.37. The molecule has 1 aliphatic carbocycles. The largest absolute Gasteiger partial charge is 0.307 e. The number of aromatic nitrogens is 2. The van der Waals surface area contributed by atoms with E-state index in [0.717, 1.165) is 23.9 Å². The van der Waals surface area contributed by atoms with Crippen LogP contribution in [0.25, 0.3) is 0 Å². The van der Waals surface area contributed by atoms with Crippen LogP contribution in [0.15, 0.2) is 12.4 Å². The van der Waals surface area contributed by atoms with Crippen LogP contribution in [-0.4, -0.2) is 9.97 Å². The van der Waals surface area contributed by atoms with Gasteiger partial charge in [-0.15, -0.1) is 0 Å². The van der Waals surface area contributed by atoms with Gasteiger partial charge in [0.1, 0.15) is 0 Å². The van der Waals surface area contributed by atoms with Crippen molar-refractivity contribution in [2.45, 2.75) is 32.1 Å². The Morgan fingerprint density at radius 2 is 2.00 bits per heavy atom. The number of hydrogen-bond donors (Lipinski definition) is 2. The standard InChI is InChI=1S/C10H16N4/c11-14-10-9(12-5-6-13-10)7-8-3-1-2-4-8/h5-6,8H,1-4,7,11H2,(H,13,14). The number of nitrogens with one attached hydrogen (secondary N) is 1. The molecule has 1 saturated carbocycles. The van der Waals surface area contributed by atoms with Gasteiger partial charge in [-0.2, -0.15) is 0 Å². The number of nitrogens with two attached hydrogens (primary N) is 1. The van der Waals surface area contributed by atoms with Gasteiger partial charge in [-0.25, -0.2) is 10.8 Å². The van der Waals surface area contributed by atoms with Crippen molar-refractivity contribution < 1.29 is 0 Å². The zero-order valence-corrected chi connectivity index (χ0v) is 8.24. The van der Waals surface area contributed by atoms with E-state index >= 15 is 0 Å². The molecule has 2 rings (SSSR count). The van der Waals surface area contributed by atoms with Gasteiger partial charge in [0.2, 0.25) is 0 Å². The van der Waals surface area contributed by atoms with Crippen molar-refractivity contribution >= 4 is 5.82 Å². The molecule has 1 aromatic rings. The molecule has 0 aromatic carbocycles. The van der Waals surface area contributed by atoms with Crippen molar-refractivity contribution in [3.05, 3.63) is 18.1 Å². The Labute approximate surface area is 83.9 Å². The van der Waals surface area contributed by atoms with Gasteiger partial charge in [0, 0.05) is 12.4 Å². The molecule has 0 saturated heterocycles. The van der Waals surface area contributed by atoms with Crippen molar-refractivity contribution in [3.63, 3.8) is 0 Å². The molecule has 0 radical (unpaired) electrons. The highest BCUT2D eigenvalue weighted by Crippen LogP contribution is 2.28. The lowest BCUT2D eigenvalue weighted by Crippen LogP contribution is -2.13. The first-order chi connectivity index (χ1) is 6.90. The highest BCUT2D eigenvalue weighted by Gasteiger charge is 2.17.